The summed E-state index contributed by atoms with van der Waals surface area (Å²) in [6, 6.07) is 10.2. The largest absolute Gasteiger partial charge is 0.558 e. The summed E-state index contributed by atoms with van der Waals surface area (Å²) in [5, 5.41) is 0. The van der Waals surface area contributed by atoms with Crippen molar-refractivity contribution in [2.24, 2.45) is 5.92 Å². The molecular formula is C11H17BN. The fraction of sp³-hybridized carbons (Fsp3) is 0.455. The summed E-state index contributed by atoms with van der Waals surface area (Å²) >= 11 is 0. The predicted octanol–water partition coefficient (Wildman–Crippen LogP) is 2.36. The Morgan fingerprint density at radius 2 is 1.77 bits per heavy atom. The average molecular weight is 174 g/mol. The van der Waals surface area contributed by atoms with Crippen molar-refractivity contribution < 1.29 is 0 Å². The molecule has 1 aromatic carbocycles. The van der Waals surface area contributed by atoms with E-state index in [0.29, 0.717) is 10.3 Å². The zero-order valence-corrected chi connectivity index (χ0v) is 8.70. The van der Waals surface area contributed by atoms with Gasteiger partial charge in [-0.15, -0.1) is 0 Å². The number of nitrogens with zero attached hydrogens (tertiary/aromatic N) is 1. The normalized spacial score (nSPS) is 15.8. The van der Waals surface area contributed by atoms with Crippen molar-refractivity contribution in [3.63, 3.8) is 0 Å². The molecule has 2 heteroatoms. The number of hydrogen-bond donors (Lipinski definition) is 0. The lowest BCUT2D eigenvalue weighted by Crippen LogP contribution is -2.45. The second-order valence-electron chi connectivity index (χ2n) is 4.18. The molecule has 0 aliphatic carbocycles. The first-order valence-corrected chi connectivity index (χ1v) is 4.72. The molecule has 13 heavy (non-hydrogen) atoms. The number of rotatable bonds is 3. The molecule has 0 bridgehead atoms. The molecule has 0 saturated carbocycles. The molecule has 0 aliphatic heterocycles. The van der Waals surface area contributed by atoms with Crippen LogP contribution < -0.4 is 4.39 Å². The Morgan fingerprint density at radius 3 is 2.23 bits per heavy atom. The number of benzene rings is 1. The van der Waals surface area contributed by atoms with Crippen LogP contribution in [0.1, 0.15) is 13.8 Å². The monoisotopic (exact) mass is 174 g/mol. The van der Waals surface area contributed by atoms with Crippen molar-refractivity contribution in [2.75, 3.05) is 13.6 Å². The second-order valence-corrected chi connectivity index (χ2v) is 4.18. The molecule has 0 fully saturated rings. The zero-order chi connectivity index (χ0) is 9.90. The van der Waals surface area contributed by atoms with Crippen LogP contribution in [0.5, 0.6) is 0 Å². The molecule has 0 spiro atoms. The Labute approximate surface area is 82.4 Å². The van der Waals surface area contributed by atoms with Crippen LogP contribution in [-0.2, 0) is 0 Å². The maximum absolute atomic E-state index is 6.18. The molecule has 3 radical (unpaired) electrons. The standard InChI is InChI=1S/C11H17BN/c1-10(2)9-13(3,12)11-7-5-4-6-8-11/h4-8,10H,9H2,1-3H3. The van der Waals surface area contributed by atoms with Crippen molar-refractivity contribution in [3.8, 4) is 0 Å². The maximum Gasteiger partial charge on any atom is 0.0814 e. The lowest BCUT2D eigenvalue weighted by Gasteiger charge is -2.46. The molecule has 0 N–H and O–H groups in total. The Bertz CT molecular complexity index is 254. The van der Waals surface area contributed by atoms with E-state index in [0.717, 1.165) is 12.2 Å². The SMILES string of the molecule is [B-][N+](C)(CC(C)C)c1ccccc1. The van der Waals surface area contributed by atoms with Gasteiger partial charge in [0.05, 0.1) is 5.69 Å². The van der Waals surface area contributed by atoms with Crippen molar-refractivity contribution in [1.82, 2.24) is 4.39 Å². The maximum atomic E-state index is 6.18. The average Bonchev–Trinajstić information content (AvgIpc) is 2.04. The minimum absolute atomic E-state index is 0.471. The molecular weight excluding hydrogens is 157 g/mol. The first-order chi connectivity index (χ1) is 6.02. The van der Waals surface area contributed by atoms with E-state index in [4.69, 9.17) is 7.98 Å². The van der Waals surface area contributed by atoms with E-state index >= 15 is 0 Å². The number of quaternary nitrogens is 1. The third-order valence-electron chi connectivity index (χ3n) is 2.09. The molecule has 0 aromatic heterocycles. The lowest BCUT2D eigenvalue weighted by atomic mass is 10.1. The van der Waals surface area contributed by atoms with Gasteiger partial charge in [-0.25, -0.2) is 7.98 Å². The fourth-order valence-electron chi connectivity index (χ4n) is 1.63. The molecule has 0 aliphatic rings. The zero-order valence-electron chi connectivity index (χ0n) is 8.70. The summed E-state index contributed by atoms with van der Waals surface area (Å²) in [7, 11) is 8.21. The van der Waals surface area contributed by atoms with E-state index in [1.165, 1.54) is 0 Å². The Balaban J connectivity index is 2.81. The lowest BCUT2D eigenvalue weighted by molar-refractivity contribution is 0.443. The molecule has 1 atom stereocenters. The van der Waals surface area contributed by atoms with Gasteiger partial charge in [0.2, 0.25) is 0 Å². The molecule has 0 amide bonds. The number of para-hydroxylation sites is 1. The molecule has 1 nitrogen and oxygen atoms in total. The van der Waals surface area contributed by atoms with Crippen molar-refractivity contribution >= 4 is 13.7 Å². The first-order valence-electron chi connectivity index (χ1n) is 4.72. The van der Waals surface area contributed by atoms with Gasteiger partial charge in [0.15, 0.2) is 0 Å². The minimum atomic E-state index is 0.471. The van der Waals surface area contributed by atoms with Gasteiger partial charge < -0.3 is 4.39 Å². The van der Waals surface area contributed by atoms with E-state index in [9.17, 15) is 0 Å². The van der Waals surface area contributed by atoms with Crippen LogP contribution in [0.25, 0.3) is 0 Å². The fourth-order valence-corrected chi connectivity index (χ4v) is 1.63. The highest BCUT2D eigenvalue weighted by atomic mass is 15.3. The molecule has 0 saturated heterocycles. The van der Waals surface area contributed by atoms with E-state index in [2.05, 4.69) is 26.0 Å². The highest BCUT2D eigenvalue weighted by Gasteiger charge is 2.08. The van der Waals surface area contributed by atoms with E-state index in [1.54, 1.807) is 0 Å². The van der Waals surface area contributed by atoms with Gasteiger partial charge >= 0.3 is 0 Å². The molecule has 0 heterocycles. The summed E-state index contributed by atoms with van der Waals surface area (Å²) < 4.78 is 0.471. The van der Waals surface area contributed by atoms with Crippen LogP contribution in [-0.4, -0.2) is 21.6 Å². The van der Waals surface area contributed by atoms with Crippen molar-refractivity contribution in [3.05, 3.63) is 30.3 Å². The van der Waals surface area contributed by atoms with Crippen LogP contribution in [0.3, 0.4) is 0 Å². The topological polar surface area (TPSA) is 0 Å². The van der Waals surface area contributed by atoms with Gasteiger partial charge in [0, 0.05) is 13.6 Å². The Morgan fingerprint density at radius 1 is 1.23 bits per heavy atom. The highest BCUT2D eigenvalue weighted by molar-refractivity contribution is 6.13. The predicted molar refractivity (Wildman–Crippen MR) is 59.6 cm³/mol. The third kappa shape index (κ3) is 2.89. The van der Waals surface area contributed by atoms with E-state index in [1.807, 2.05) is 25.2 Å². The Kier molecular flexibility index (Phi) is 3.15. The van der Waals surface area contributed by atoms with Crippen LogP contribution in [0, 0.1) is 5.92 Å². The van der Waals surface area contributed by atoms with Gasteiger partial charge in [0.1, 0.15) is 0 Å². The van der Waals surface area contributed by atoms with E-state index in [-0.39, 0.29) is 0 Å². The molecule has 1 rings (SSSR count). The summed E-state index contributed by atoms with van der Waals surface area (Å²) in [6.45, 7) is 5.34. The van der Waals surface area contributed by atoms with Crippen LogP contribution in [0.15, 0.2) is 30.3 Å². The second kappa shape index (κ2) is 3.97. The highest BCUT2D eigenvalue weighted by Crippen LogP contribution is 2.18. The summed E-state index contributed by atoms with van der Waals surface area (Å²) in [4.78, 5) is 0. The molecule has 1 unspecified atom stereocenters. The van der Waals surface area contributed by atoms with Crippen molar-refractivity contribution in [1.29, 1.82) is 0 Å². The van der Waals surface area contributed by atoms with Gasteiger partial charge in [-0.2, -0.15) is 0 Å². The van der Waals surface area contributed by atoms with Crippen LogP contribution in [0.2, 0.25) is 0 Å². The number of hydrogen-bond acceptors (Lipinski definition) is 0. The first kappa shape index (κ1) is 10.3. The van der Waals surface area contributed by atoms with Gasteiger partial charge in [0.25, 0.3) is 0 Å². The van der Waals surface area contributed by atoms with Crippen LogP contribution >= 0.6 is 0 Å². The smallest absolute Gasteiger partial charge is 0.0814 e. The van der Waals surface area contributed by atoms with Crippen LogP contribution in [0.4, 0.5) is 5.69 Å². The Hall–Kier alpha value is -0.755. The third-order valence-corrected chi connectivity index (χ3v) is 2.09. The van der Waals surface area contributed by atoms with Gasteiger partial charge in [-0.1, -0.05) is 32.0 Å². The summed E-state index contributed by atoms with van der Waals surface area (Å²) in [6.07, 6.45) is 0. The quantitative estimate of drug-likeness (QED) is 0.617. The summed E-state index contributed by atoms with van der Waals surface area (Å²) in [5.74, 6) is 0.607. The van der Waals surface area contributed by atoms with Gasteiger partial charge in [-0.3, -0.25) is 0 Å². The summed E-state index contributed by atoms with van der Waals surface area (Å²) in [5.41, 5.74) is 1.16. The van der Waals surface area contributed by atoms with E-state index < -0.39 is 0 Å². The van der Waals surface area contributed by atoms with Crippen molar-refractivity contribution in [2.45, 2.75) is 13.8 Å². The molecule has 69 valence electrons. The molecule has 1 aromatic rings. The minimum Gasteiger partial charge on any atom is -0.558 e. The van der Waals surface area contributed by atoms with Gasteiger partial charge in [-0.05, 0) is 18.1 Å².